The van der Waals surface area contributed by atoms with Crippen LogP contribution in [0.1, 0.15) is 22.3 Å². The van der Waals surface area contributed by atoms with Gasteiger partial charge < -0.3 is 10.1 Å². The molecular weight excluding hydrogens is 479 g/mol. The SMILES string of the molecule is Cc1ccc(NC(=O)/C(C#N)=C/c2cc(Cl)c(OCc3cccc4ccccc34)c(Cl)c2)cc1C. The maximum atomic E-state index is 12.7. The second-order valence-electron chi connectivity index (χ2n) is 8.16. The molecule has 4 rings (SSSR count). The fourth-order valence-electron chi connectivity index (χ4n) is 3.70. The zero-order valence-electron chi connectivity index (χ0n) is 19.2. The maximum Gasteiger partial charge on any atom is 0.266 e. The highest BCUT2D eigenvalue weighted by Crippen LogP contribution is 2.36. The number of ether oxygens (including phenoxy) is 1. The summed E-state index contributed by atoms with van der Waals surface area (Å²) in [5.74, 6) is -0.171. The lowest BCUT2D eigenvalue weighted by Gasteiger charge is -2.13. The Labute approximate surface area is 214 Å². The maximum absolute atomic E-state index is 12.7. The lowest BCUT2D eigenvalue weighted by Crippen LogP contribution is -2.13. The molecule has 0 bridgehead atoms. The van der Waals surface area contributed by atoms with Crippen LogP contribution < -0.4 is 10.1 Å². The van der Waals surface area contributed by atoms with E-state index in [-0.39, 0.29) is 22.2 Å². The van der Waals surface area contributed by atoms with E-state index in [1.54, 1.807) is 18.2 Å². The molecule has 0 aliphatic carbocycles. The summed E-state index contributed by atoms with van der Waals surface area (Å²) in [7, 11) is 0. The summed E-state index contributed by atoms with van der Waals surface area (Å²) in [4.78, 5) is 12.7. The molecule has 0 spiro atoms. The average Bonchev–Trinajstić information content (AvgIpc) is 2.84. The minimum absolute atomic E-state index is 0.0696. The van der Waals surface area contributed by atoms with Gasteiger partial charge in [-0.05, 0) is 77.2 Å². The zero-order valence-corrected chi connectivity index (χ0v) is 20.7. The highest BCUT2D eigenvalue weighted by atomic mass is 35.5. The van der Waals surface area contributed by atoms with Crippen LogP contribution in [0.3, 0.4) is 0 Å². The molecule has 0 saturated heterocycles. The van der Waals surface area contributed by atoms with Gasteiger partial charge in [0, 0.05) is 5.69 Å². The lowest BCUT2D eigenvalue weighted by atomic mass is 10.1. The van der Waals surface area contributed by atoms with Crippen LogP contribution in [-0.2, 0) is 11.4 Å². The first-order chi connectivity index (χ1) is 16.9. The Morgan fingerprint density at radius 1 is 0.971 bits per heavy atom. The Morgan fingerprint density at radius 2 is 1.69 bits per heavy atom. The number of rotatable bonds is 6. The normalized spacial score (nSPS) is 11.2. The van der Waals surface area contributed by atoms with Gasteiger partial charge >= 0.3 is 0 Å². The van der Waals surface area contributed by atoms with Crippen molar-refractivity contribution in [2.75, 3.05) is 5.32 Å². The molecule has 0 aliphatic rings. The Kier molecular flexibility index (Phi) is 7.41. The molecule has 1 amide bonds. The quantitative estimate of drug-likeness (QED) is 0.216. The zero-order chi connectivity index (χ0) is 24.9. The van der Waals surface area contributed by atoms with E-state index < -0.39 is 5.91 Å². The van der Waals surface area contributed by atoms with Gasteiger partial charge in [0.1, 0.15) is 18.2 Å². The van der Waals surface area contributed by atoms with Gasteiger partial charge in [-0.2, -0.15) is 5.26 Å². The third-order valence-corrected chi connectivity index (χ3v) is 6.27. The molecule has 4 nitrogen and oxygen atoms in total. The standard InChI is InChI=1S/C29H22Cl2N2O2/c1-18-10-11-24(12-19(18)2)33-29(34)23(16-32)13-20-14-26(30)28(27(31)15-20)35-17-22-8-5-7-21-6-3-4-9-25(21)22/h3-15H,17H2,1-2H3,(H,33,34)/b23-13+. The number of hydrogen-bond acceptors (Lipinski definition) is 3. The Bertz CT molecular complexity index is 1470. The second-order valence-corrected chi connectivity index (χ2v) is 8.98. The topological polar surface area (TPSA) is 62.1 Å². The predicted octanol–water partition coefficient (Wildman–Crippen LogP) is 7.89. The van der Waals surface area contributed by atoms with Crippen molar-refractivity contribution in [1.82, 2.24) is 0 Å². The molecule has 0 aromatic heterocycles. The molecule has 4 aromatic rings. The molecular formula is C29H22Cl2N2O2. The average molecular weight is 501 g/mol. The van der Waals surface area contributed by atoms with Crippen molar-refractivity contribution in [2.24, 2.45) is 0 Å². The fourth-order valence-corrected chi connectivity index (χ4v) is 4.31. The summed E-state index contributed by atoms with van der Waals surface area (Å²) >= 11 is 12.9. The minimum Gasteiger partial charge on any atom is -0.486 e. The number of halogens is 2. The van der Waals surface area contributed by atoms with E-state index >= 15 is 0 Å². The summed E-state index contributed by atoms with van der Waals surface area (Å²) in [5, 5.41) is 15.1. The molecule has 0 unspecified atom stereocenters. The number of nitrogens with one attached hydrogen (secondary N) is 1. The van der Waals surface area contributed by atoms with Crippen molar-refractivity contribution >= 4 is 51.6 Å². The summed E-state index contributed by atoms with van der Waals surface area (Å²) < 4.78 is 5.97. The van der Waals surface area contributed by atoms with Gasteiger partial charge in [-0.25, -0.2) is 0 Å². The first-order valence-electron chi connectivity index (χ1n) is 10.9. The van der Waals surface area contributed by atoms with Crippen LogP contribution in [0.2, 0.25) is 10.0 Å². The van der Waals surface area contributed by atoms with E-state index in [0.717, 1.165) is 27.5 Å². The van der Waals surface area contributed by atoms with Gasteiger partial charge in [0.05, 0.1) is 10.0 Å². The Morgan fingerprint density at radius 3 is 2.40 bits per heavy atom. The van der Waals surface area contributed by atoms with Crippen LogP contribution in [0.25, 0.3) is 16.8 Å². The highest BCUT2D eigenvalue weighted by Gasteiger charge is 2.14. The number of aryl methyl sites for hydroxylation is 2. The highest BCUT2D eigenvalue weighted by molar-refractivity contribution is 6.37. The van der Waals surface area contributed by atoms with Crippen LogP contribution in [0.5, 0.6) is 5.75 Å². The van der Waals surface area contributed by atoms with Gasteiger partial charge in [0.2, 0.25) is 0 Å². The molecule has 0 heterocycles. The van der Waals surface area contributed by atoms with Crippen molar-refractivity contribution in [3.8, 4) is 11.8 Å². The number of carbonyl (C=O) groups is 1. The monoisotopic (exact) mass is 500 g/mol. The molecule has 0 atom stereocenters. The number of carbonyl (C=O) groups excluding carboxylic acids is 1. The van der Waals surface area contributed by atoms with Crippen LogP contribution in [0.4, 0.5) is 5.69 Å². The number of fused-ring (bicyclic) bond motifs is 1. The van der Waals surface area contributed by atoms with Crippen LogP contribution >= 0.6 is 23.2 Å². The van der Waals surface area contributed by atoms with E-state index in [9.17, 15) is 10.1 Å². The Hall–Kier alpha value is -3.78. The van der Waals surface area contributed by atoms with Crippen LogP contribution in [0.15, 0.2) is 78.4 Å². The van der Waals surface area contributed by atoms with Crippen molar-refractivity contribution in [3.63, 3.8) is 0 Å². The smallest absolute Gasteiger partial charge is 0.266 e. The van der Waals surface area contributed by atoms with Crippen LogP contribution in [0, 0.1) is 25.2 Å². The Balaban J connectivity index is 1.53. The fraction of sp³-hybridized carbons (Fsp3) is 0.103. The van der Waals surface area contributed by atoms with Gasteiger partial charge in [0.25, 0.3) is 5.91 Å². The number of hydrogen-bond donors (Lipinski definition) is 1. The first kappa shape index (κ1) is 24.3. The van der Waals surface area contributed by atoms with Crippen molar-refractivity contribution in [2.45, 2.75) is 20.5 Å². The van der Waals surface area contributed by atoms with E-state index in [0.29, 0.717) is 17.0 Å². The third kappa shape index (κ3) is 5.66. The molecule has 0 aliphatic heterocycles. The summed E-state index contributed by atoms with van der Waals surface area (Å²) in [6.45, 7) is 4.24. The number of amides is 1. The van der Waals surface area contributed by atoms with Gasteiger partial charge in [-0.15, -0.1) is 0 Å². The largest absolute Gasteiger partial charge is 0.486 e. The number of anilines is 1. The lowest BCUT2D eigenvalue weighted by molar-refractivity contribution is -0.112. The number of benzene rings is 4. The van der Waals surface area contributed by atoms with E-state index in [1.807, 2.05) is 74.5 Å². The third-order valence-electron chi connectivity index (χ3n) is 5.71. The first-order valence-corrected chi connectivity index (χ1v) is 11.7. The van der Waals surface area contributed by atoms with E-state index in [4.69, 9.17) is 27.9 Å². The number of nitrogens with zero attached hydrogens (tertiary/aromatic N) is 1. The minimum atomic E-state index is -0.515. The summed E-state index contributed by atoms with van der Waals surface area (Å²) in [6.07, 6.45) is 1.45. The van der Waals surface area contributed by atoms with Crippen LogP contribution in [-0.4, -0.2) is 5.91 Å². The number of nitriles is 1. The van der Waals surface area contributed by atoms with E-state index in [2.05, 4.69) is 5.32 Å². The molecule has 0 fully saturated rings. The van der Waals surface area contributed by atoms with Gasteiger partial charge in [-0.1, -0.05) is 71.7 Å². The second kappa shape index (κ2) is 10.7. The predicted molar refractivity (Wildman–Crippen MR) is 143 cm³/mol. The molecule has 6 heteroatoms. The van der Waals surface area contributed by atoms with Crippen molar-refractivity contribution in [3.05, 3.63) is 111 Å². The summed E-state index contributed by atoms with van der Waals surface area (Å²) in [5.41, 5.74) is 4.24. The van der Waals surface area contributed by atoms with E-state index in [1.165, 1.54) is 6.08 Å². The van der Waals surface area contributed by atoms with Crippen molar-refractivity contribution in [1.29, 1.82) is 5.26 Å². The van der Waals surface area contributed by atoms with Gasteiger partial charge in [-0.3, -0.25) is 4.79 Å². The molecule has 0 saturated carbocycles. The molecule has 4 aromatic carbocycles. The molecule has 1 N–H and O–H groups in total. The van der Waals surface area contributed by atoms with Gasteiger partial charge in [0.15, 0.2) is 5.75 Å². The molecule has 174 valence electrons. The molecule has 0 radical (unpaired) electrons. The summed E-state index contributed by atoms with van der Waals surface area (Å²) in [6, 6.07) is 24.8. The molecule has 35 heavy (non-hydrogen) atoms. The van der Waals surface area contributed by atoms with Crippen molar-refractivity contribution < 1.29 is 9.53 Å².